The Kier molecular flexibility index (Phi) is 2.38. The van der Waals surface area contributed by atoms with Crippen LogP contribution in [-0.4, -0.2) is 18.3 Å². The number of amides is 1. The largest absolute Gasteiger partial charge is 0.342 e. The molecule has 2 aliphatic rings. The molecule has 2 N–H and O–H groups in total. The molecule has 1 unspecified atom stereocenters. The van der Waals surface area contributed by atoms with Crippen LogP contribution >= 0.6 is 23.4 Å². The van der Waals surface area contributed by atoms with Gasteiger partial charge in [-0.2, -0.15) is 0 Å². The molecule has 16 heavy (non-hydrogen) atoms. The first-order valence-corrected chi connectivity index (χ1v) is 6.55. The van der Waals surface area contributed by atoms with Gasteiger partial charge in [-0.25, -0.2) is 0 Å². The van der Waals surface area contributed by atoms with Crippen molar-refractivity contribution in [3.05, 3.63) is 28.8 Å². The fourth-order valence-corrected chi connectivity index (χ4v) is 3.82. The number of fused-ring (bicyclic) bond motifs is 2. The summed E-state index contributed by atoms with van der Waals surface area (Å²) in [5, 5.41) is 6.85. The van der Waals surface area contributed by atoms with Crippen LogP contribution in [-0.2, 0) is 10.3 Å². The molecule has 1 fully saturated rings. The summed E-state index contributed by atoms with van der Waals surface area (Å²) < 4.78 is 0. The lowest BCUT2D eigenvalue weighted by molar-refractivity contribution is -0.124. The zero-order valence-corrected chi connectivity index (χ0v) is 10.1. The summed E-state index contributed by atoms with van der Waals surface area (Å²) in [6.45, 7) is 0.547. The van der Waals surface area contributed by atoms with Gasteiger partial charge < -0.3 is 5.32 Å². The Morgan fingerprint density at radius 1 is 1.44 bits per heavy atom. The Hall–Kier alpha value is -0.710. The highest BCUT2D eigenvalue weighted by molar-refractivity contribution is 7.99. The van der Waals surface area contributed by atoms with Crippen molar-refractivity contribution in [1.29, 1.82) is 0 Å². The van der Waals surface area contributed by atoms with Crippen LogP contribution in [0.3, 0.4) is 0 Å². The predicted molar refractivity (Wildman–Crippen MR) is 64.6 cm³/mol. The number of carbonyl (C=O) groups excluding carboxylic acids is 1. The van der Waals surface area contributed by atoms with Crippen molar-refractivity contribution in [1.82, 2.24) is 10.6 Å². The molecule has 0 bridgehead atoms. The molecule has 1 aromatic rings. The monoisotopic (exact) mass is 254 g/mol. The number of hydrogen-bond acceptors (Lipinski definition) is 3. The summed E-state index contributed by atoms with van der Waals surface area (Å²) in [5.41, 5.74) is 0.536. The minimum absolute atomic E-state index is 0.0800. The predicted octanol–water partition coefficient (Wildman–Crippen LogP) is 1.71. The van der Waals surface area contributed by atoms with E-state index in [1.165, 1.54) is 0 Å². The molecule has 5 heteroatoms. The molecule has 3 rings (SSSR count). The molecule has 2 aliphatic heterocycles. The van der Waals surface area contributed by atoms with Gasteiger partial charge in [-0.05, 0) is 24.1 Å². The quantitative estimate of drug-likeness (QED) is 0.741. The van der Waals surface area contributed by atoms with Gasteiger partial charge in [-0.1, -0.05) is 17.7 Å². The number of nitrogens with one attached hydrogen (secondary N) is 2. The Morgan fingerprint density at radius 3 is 3.06 bits per heavy atom. The third-order valence-corrected chi connectivity index (χ3v) is 4.46. The van der Waals surface area contributed by atoms with E-state index in [-0.39, 0.29) is 5.91 Å². The first-order valence-electron chi connectivity index (χ1n) is 5.18. The lowest BCUT2D eigenvalue weighted by atomic mass is 9.87. The van der Waals surface area contributed by atoms with Crippen LogP contribution in [0.2, 0.25) is 5.02 Å². The average molecular weight is 255 g/mol. The van der Waals surface area contributed by atoms with Crippen molar-refractivity contribution in [3.63, 3.8) is 0 Å². The van der Waals surface area contributed by atoms with Crippen molar-refractivity contribution in [2.24, 2.45) is 0 Å². The van der Waals surface area contributed by atoms with Crippen LogP contribution in [0.25, 0.3) is 0 Å². The van der Waals surface area contributed by atoms with Crippen molar-refractivity contribution in [2.75, 3.05) is 12.4 Å². The second-order valence-electron chi connectivity index (χ2n) is 4.00. The minimum Gasteiger partial charge on any atom is -0.342 e. The maximum Gasteiger partial charge on any atom is 0.246 e. The normalized spacial score (nSPS) is 27.9. The van der Waals surface area contributed by atoms with Crippen molar-refractivity contribution in [2.45, 2.75) is 16.9 Å². The standard InChI is InChI=1S/C11H11ClN2OS/c12-7-1-2-8-9(5-7)16-4-3-11(8)10(15)13-6-14-11/h1-2,5,14H,3-4,6H2,(H,13,15). The summed E-state index contributed by atoms with van der Waals surface area (Å²) in [5.74, 6) is 1.02. The molecule has 0 saturated carbocycles. The van der Waals surface area contributed by atoms with E-state index >= 15 is 0 Å². The first-order chi connectivity index (χ1) is 7.72. The van der Waals surface area contributed by atoms with Crippen LogP contribution in [0.1, 0.15) is 12.0 Å². The number of rotatable bonds is 0. The zero-order valence-electron chi connectivity index (χ0n) is 8.55. The van der Waals surface area contributed by atoms with Crippen LogP contribution in [0, 0.1) is 0 Å². The van der Waals surface area contributed by atoms with Crippen LogP contribution in [0.15, 0.2) is 23.1 Å². The summed E-state index contributed by atoms with van der Waals surface area (Å²) in [6.07, 6.45) is 0.831. The van der Waals surface area contributed by atoms with Crippen molar-refractivity contribution in [3.8, 4) is 0 Å². The lowest BCUT2D eigenvalue weighted by Crippen LogP contribution is -2.45. The molecular weight excluding hydrogens is 244 g/mol. The van der Waals surface area contributed by atoms with Gasteiger partial charge >= 0.3 is 0 Å². The maximum atomic E-state index is 12.0. The van der Waals surface area contributed by atoms with Crippen LogP contribution in [0.5, 0.6) is 0 Å². The highest BCUT2D eigenvalue weighted by atomic mass is 35.5. The fraction of sp³-hybridized carbons (Fsp3) is 0.364. The molecule has 1 aromatic carbocycles. The third-order valence-electron chi connectivity index (χ3n) is 3.16. The number of hydrogen-bond donors (Lipinski definition) is 2. The van der Waals surface area contributed by atoms with E-state index in [0.29, 0.717) is 6.67 Å². The first kappa shape index (κ1) is 10.4. The number of thioether (sulfide) groups is 1. The highest BCUT2D eigenvalue weighted by Crippen LogP contribution is 2.42. The summed E-state index contributed by atoms with van der Waals surface area (Å²) in [7, 11) is 0. The highest BCUT2D eigenvalue weighted by Gasteiger charge is 2.46. The summed E-state index contributed by atoms with van der Waals surface area (Å²) in [4.78, 5) is 13.1. The Balaban J connectivity index is 2.16. The van der Waals surface area contributed by atoms with Gasteiger partial charge in [0.1, 0.15) is 5.54 Å². The van der Waals surface area contributed by atoms with E-state index in [1.54, 1.807) is 11.8 Å². The molecule has 0 aliphatic carbocycles. The molecular formula is C11H11ClN2OS. The van der Waals surface area contributed by atoms with E-state index in [0.717, 1.165) is 27.7 Å². The molecule has 0 radical (unpaired) electrons. The van der Waals surface area contributed by atoms with Crippen molar-refractivity contribution >= 4 is 29.3 Å². The molecule has 2 heterocycles. The smallest absolute Gasteiger partial charge is 0.246 e. The summed E-state index contributed by atoms with van der Waals surface area (Å²) in [6, 6.07) is 5.75. The molecule has 0 aromatic heterocycles. The third kappa shape index (κ3) is 1.37. The second kappa shape index (κ2) is 3.65. The Bertz CT molecular complexity index is 465. The van der Waals surface area contributed by atoms with Crippen LogP contribution < -0.4 is 10.6 Å². The molecule has 84 valence electrons. The molecule has 1 spiro atoms. The topological polar surface area (TPSA) is 41.1 Å². The fourth-order valence-electron chi connectivity index (χ4n) is 2.34. The van der Waals surface area contributed by atoms with Gasteiger partial charge in [0.15, 0.2) is 0 Å². The van der Waals surface area contributed by atoms with Gasteiger partial charge in [0, 0.05) is 15.7 Å². The molecule has 1 amide bonds. The van der Waals surface area contributed by atoms with Crippen LogP contribution in [0.4, 0.5) is 0 Å². The SMILES string of the molecule is O=C1NCNC12CCSc1cc(Cl)ccc12. The second-order valence-corrected chi connectivity index (χ2v) is 5.58. The van der Waals surface area contributed by atoms with E-state index in [1.807, 2.05) is 18.2 Å². The number of carbonyl (C=O) groups is 1. The van der Waals surface area contributed by atoms with Crippen molar-refractivity contribution < 1.29 is 4.79 Å². The van der Waals surface area contributed by atoms with E-state index in [9.17, 15) is 4.79 Å². The van der Waals surface area contributed by atoms with Gasteiger partial charge in [-0.15, -0.1) is 11.8 Å². The lowest BCUT2D eigenvalue weighted by Gasteiger charge is -2.32. The van der Waals surface area contributed by atoms with Gasteiger partial charge in [0.05, 0.1) is 6.67 Å². The molecule has 1 atom stereocenters. The zero-order chi connectivity index (χ0) is 11.2. The maximum absolute atomic E-state index is 12.0. The average Bonchev–Trinajstić information content (AvgIpc) is 2.61. The number of halogens is 1. The van der Waals surface area contributed by atoms with E-state index in [4.69, 9.17) is 11.6 Å². The molecule has 3 nitrogen and oxygen atoms in total. The number of benzene rings is 1. The van der Waals surface area contributed by atoms with Gasteiger partial charge in [-0.3, -0.25) is 10.1 Å². The minimum atomic E-state index is -0.523. The van der Waals surface area contributed by atoms with Gasteiger partial charge in [0.25, 0.3) is 0 Å². The summed E-state index contributed by atoms with van der Waals surface area (Å²) >= 11 is 7.74. The Labute approximate surface area is 103 Å². The van der Waals surface area contributed by atoms with E-state index < -0.39 is 5.54 Å². The van der Waals surface area contributed by atoms with E-state index in [2.05, 4.69) is 10.6 Å². The van der Waals surface area contributed by atoms with Gasteiger partial charge in [0.2, 0.25) is 5.91 Å². The molecule has 1 saturated heterocycles. The Morgan fingerprint density at radius 2 is 2.31 bits per heavy atom.